The predicted octanol–water partition coefficient (Wildman–Crippen LogP) is 3.20. The average Bonchev–Trinajstić information content (AvgIpc) is 3.13. The van der Waals surface area contributed by atoms with Gasteiger partial charge >= 0.3 is 0 Å². The summed E-state index contributed by atoms with van der Waals surface area (Å²) in [6.45, 7) is 5.52. The van der Waals surface area contributed by atoms with Gasteiger partial charge in [0.2, 0.25) is 0 Å². The summed E-state index contributed by atoms with van der Waals surface area (Å²) < 4.78 is 0. The van der Waals surface area contributed by atoms with Crippen molar-refractivity contribution in [2.24, 2.45) is 0 Å². The fourth-order valence-corrected chi connectivity index (χ4v) is 2.48. The van der Waals surface area contributed by atoms with E-state index in [0.29, 0.717) is 6.54 Å². The van der Waals surface area contributed by atoms with E-state index in [1.54, 1.807) is 0 Å². The van der Waals surface area contributed by atoms with Gasteiger partial charge in [0.1, 0.15) is 0 Å². The third kappa shape index (κ3) is 4.11. The number of hydrogen-bond donors (Lipinski definition) is 2. The molecule has 0 heterocycles. The summed E-state index contributed by atoms with van der Waals surface area (Å²) in [6.07, 6.45) is 4.57. The van der Waals surface area contributed by atoms with Crippen molar-refractivity contribution in [1.29, 1.82) is 0 Å². The molecule has 1 unspecified atom stereocenters. The Morgan fingerprint density at radius 3 is 2.83 bits per heavy atom. The van der Waals surface area contributed by atoms with Crippen LogP contribution in [0.5, 0.6) is 0 Å². The number of benzene rings is 1. The number of hydrogen-bond acceptors (Lipinski definition) is 2. The van der Waals surface area contributed by atoms with Crippen LogP contribution in [0.15, 0.2) is 24.3 Å². The molecule has 0 aliphatic heterocycles. The van der Waals surface area contributed by atoms with E-state index in [-0.39, 0.29) is 0 Å². The minimum Gasteiger partial charge on any atom is -0.389 e. The van der Waals surface area contributed by atoms with Crippen LogP contribution in [0.25, 0.3) is 0 Å². The lowest BCUT2D eigenvalue weighted by molar-refractivity contribution is 0.0498. The van der Waals surface area contributed by atoms with E-state index < -0.39 is 5.60 Å². The zero-order valence-corrected chi connectivity index (χ0v) is 11.6. The molecule has 2 rings (SSSR count). The molecule has 0 saturated heterocycles. The molecule has 100 valence electrons. The van der Waals surface area contributed by atoms with E-state index in [4.69, 9.17) is 0 Å². The summed E-state index contributed by atoms with van der Waals surface area (Å²) in [4.78, 5) is 0. The van der Waals surface area contributed by atoms with Gasteiger partial charge in [-0.1, -0.05) is 37.6 Å². The number of nitrogens with one attached hydrogen (secondary N) is 1. The van der Waals surface area contributed by atoms with E-state index in [9.17, 15) is 5.11 Å². The van der Waals surface area contributed by atoms with E-state index in [1.165, 1.54) is 24.0 Å². The lowest BCUT2D eigenvalue weighted by atomic mass is 10.0. The lowest BCUT2D eigenvalue weighted by Gasteiger charge is -2.23. The molecule has 2 nitrogen and oxygen atoms in total. The molecule has 1 saturated carbocycles. The molecule has 1 aromatic carbocycles. The van der Waals surface area contributed by atoms with Gasteiger partial charge in [-0.05, 0) is 43.2 Å². The third-order valence-corrected chi connectivity index (χ3v) is 3.62. The summed E-state index contributed by atoms with van der Waals surface area (Å²) in [6, 6.07) is 8.84. The number of rotatable bonds is 7. The topological polar surface area (TPSA) is 32.3 Å². The Morgan fingerprint density at radius 2 is 2.17 bits per heavy atom. The SMILES string of the molecule is CCCC(C)(O)CNCc1cccc(C2CC2)c1. The standard InChI is InChI=1S/C16H25NO/c1-3-9-16(2,18)12-17-11-13-5-4-6-15(10-13)14-7-8-14/h4-6,10,14,17-18H,3,7-9,11-12H2,1-2H3. The molecule has 1 fully saturated rings. The van der Waals surface area contributed by atoms with Gasteiger partial charge in [-0.15, -0.1) is 0 Å². The molecule has 2 N–H and O–H groups in total. The van der Waals surface area contributed by atoms with Crippen molar-refractivity contribution in [2.75, 3.05) is 6.54 Å². The highest BCUT2D eigenvalue weighted by atomic mass is 16.3. The molecule has 0 spiro atoms. The van der Waals surface area contributed by atoms with Gasteiger partial charge in [0, 0.05) is 13.1 Å². The van der Waals surface area contributed by atoms with Gasteiger partial charge < -0.3 is 10.4 Å². The molecule has 0 amide bonds. The molecule has 0 bridgehead atoms. The van der Waals surface area contributed by atoms with E-state index in [1.807, 2.05) is 6.92 Å². The second kappa shape index (κ2) is 5.85. The summed E-state index contributed by atoms with van der Waals surface area (Å²) >= 11 is 0. The Labute approximate surface area is 110 Å². The molecule has 0 radical (unpaired) electrons. The zero-order chi connectivity index (χ0) is 13.0. The normalized spacial score (nSPS) is 18.6. The van der Waals surface area contributed by atoms with Crippen molar-refractivity contribution in [3.05, 3.63) is 35.4 Å². The summed E-state index contributed by atoms with van der Waals surface area (Å²) in [5, 5.41) is 13.4. The summed E-state index contributed by atoms with van der Waals surface area (Å²) in [7, 11) is 0. The summed E-state index contributed by atoms with van der Waals surface area (Å²) in [5.41, 5.74) is 2.23. The van der Waals surface area contributed by atoms with Crippen LogP contribution in [0.1, 0.15) is 56.6 Å². The van der Waals surface area contributed by atoms with Gasteiger partial charge in [0.05, 0.1) is 5.60 Å². The minimum absolute atomic E-state index is 0.581. The van der Waals surface area contributed by atoms with Crippen LogP contribution in [-0.4, -0.2) is 17.3 Å². The molecular weight excluding hydrogens is 222 g/mol. The maximum Gasteiger partial charge on any atom is 0.0743 e. The highest BCUT2D eigenvalue weighted by molar-refractivity contribution is 5.29. The van der Waals surface area contributed by atoms with Crippen LogP contribution in [0.3, 0.4) is 0 Å². The van der Waals surface area contributed by atoms with Gasteiger partial charge in [-0.25, -0.2) is 0 Å². The first-order valence-electron chi connectivity index (χ1n) is 7.13. The quantitative estimate of drug-likeness (QED) is 0.775. The molecule has 1 aromatic rings. The molecule has 0 aromatic heterocycles. The first-order valence-corrected chi connectivity index (χ1v) is 7.13. The van der Waals surface area contributed by atoms with E-state index in [0.717, 1.165) is 25.3 Å². The average molecular weight is 247 g/mol. The fourth-order valence-electron chi connectivity index (χ4n) is 2.48. The van der Waals surface area contributed by atoms with Crippen LogP contribution in [-0.2, 0) is 6.54 Å². The van der Waals surface area contributed by atoms with Crippen LogP contribution in [0.4, 0.5) is 0 Å². The van der Waals surface area contributed by atoms with Gasteiger partial charge in [-0.2, -0.15) is 0 Å². The van der Waals surface area contributed by atoms with Crippen molar-refractivity contribution in [3.8, 4) is 0 Å². The van der Waals surface area contributed by atoms with Crippen molar-refractivity contribution in [3.63, 3.8) is 0 Å². The van der Waals surface area contributed by atoms with Crippen LogP contribution in [0, 0.1) is 0 Å². The number of aliphatic hydroxyl groups is 1. The molecular formula is C16H25NO. The van der Waals surface area contributed by atoms with Crippen LogP contribution in [0.2, 0.25) is 0 Å². The maximum absolute atomic E-state index is 10.1. The Bertz CT molecular complexity index is 382. The van der Waals surface area contributed by atoms with Crippen molar-refractivity contribution >= 4 is 0 Å². The monoisotopic (exact) mass is 247 g/mol. The van der Waals surface area contributed by atoms with Crippen LogP contribution < -0.4 is 5.32 Å². The molecule has 1 aliphatic rings. The Hall–Kier alpha value is -0.860. The summed E-state index contributed by atoms with van der Waals surface area (Å²) in [5.74, 6) is 0.813. The van der Waals surface area contributed by atoms with Crippen LogP contribution >= 0.6 is 0 Å². The lowest BCUT2D eigenvalue weighted by Crippen LogP contribution is -2.37. The van der Waals surface area contributed by atoms with E-state index >= 15 is 0 Å². The Kier molecular flexibility index (Phi) is 4.41. The second-order valence-electron chi connectivity index (χ2n) is 5.87. The van der Waals surface area contributed by atoms with Gasteiger partial charge in [0.15, 0.2) is 0 Å². The maximum atomic E-state index is 10.1. The Morgan fingerprint density at radius 1 is 1.39 bits per heavy atom. The fraction of sp³-hybridized carbons (Fsp3) is 0.625. The predicted molar refractivity (Wildman–Crippen MR) is 75.7 cm³/mol. The van der Waals surface area contributed by atoms with Crippen molar-refractivity contribution < 1.29 is 5.11 Å². The second-order valence-corrected chi connectivity index (χ2v) is 5.87. The molecule has 1 atom stereocenters. The first kappa shape index (κ1) is 13.6. The highest BCUT2D eigenvalue weighted by Gasteiger charge is 2.23. The molecule has 1 aliphatic carbocycles. The van der Waals surface area contributed by atoms with Gasteiger partial charge in [-0.3, -0.25) is 0 Å². The van der Waals surface area contributed by atoms with E-state index in [2.05, 4.69) is 36.5 Å². The zero-order valence-electron chi connectivity index (χ0n) is 11.6. The smallest absolute Gasteiger partial charge is 0.0743 e. The highest BCUT2D eigenvalue weighted by Crippen LogP contribution is 2.40. The minimum atomic E-state index is -0.581. The van der Waals surface area contributed by atoms with Crippen molar-refractivity contribution in [1.82, 2.24) is 5.32 Å². The van der Waals surface area contributed by atoms with Gasteiger partial charge in [0.25, 0.3) is 0 Å². The molecule has 18 heavy (non-hydrogen) atoms. The first-order chi connectivity index (χ1) is 8.61. The molecule has 2 heteroatoms. The third-order valence-electron chi connectivity index (χ3n) is 3.62. The Balaban J connectivity index is 1.81. The largest absolute Gasteiger partial charge is 0.389 e. The van der Waals surface area contributed by atoms with Crippen molar-refractivity contribution in [2.45, 2.75) is 57.6 Å².